The maximum absolute atomic E-state index is 12.9. The standard InChI is InChI=1S/C16H21N5O4/c1-6-19-9(3)10(4)21-12-13(17-15(19)21)18(5)16(24)20(14(12)23)8-11(22)25-7-2/h6-8H2,1-5H3. The van der Waals surface area contributed by atoms with Gasteiger partial charge in [-0.1, -0.05) is 0 Å². The highest BCUT2D eigenvalue weighted by molar-refractivity contribution is 5.77. The molecule has 9 nitrogen and oxygen atoms in total. The molecule has 0 aliphatic carbocycles. The Morgan fingerprint density at radius 1 is 1.12 bits per heavy atom. The molecule has 3 aromatic heterocycles. The molecule has 25 heavy (non-hydrogen) atoms. The predicted molar refractivity (Wildman–Crippen MR) is 92.0 cm³/mol. The summed E-state index contributed by atoms with van der Waals surface area (Å²) in [6.07, 6.45) is 0. The normalized spacial score (nSPS) is 11.6. The van der Waals surface area contributed by atoms with Crippen molar-refractivity contribution >= 4 is 22.9 Å². The van der Waals surface area contributed by atoms with Crippen LogP contribution in [-0.2, 0) is 29.7 Å². The number of ether oxygens (including phenoxy) is 1. The van der Waals surface area contributed by atoms with E-state index >= 15 is 0 Å². The van der Waals surface area contributed by atoms with Crippen LogP contribution in [0.2, 0.25) is 0 Å². The minimum Gasteiger partial charge on any atom is -0.465 e. The summed E-state index contributed by atoms with van der Waals surface area (Å²) in [7, 11) is 1.54. The van der Waals surface area contributed by atoms with Crippen LogP contribution in [0.15, 0.2) is 9.59 Å². The van der Waals surface area contributed by atoms with E-state index in [1.807, 2.05) is 25.3 Å². The maximum atomic E-state index is 12.9. The van der Waals surface area contributed by atoms with Crippen LogP contribution in [0.3, 0.4) is 0 Å². The monoisotopic (exact) mass is 347 g/mol. The third-order valence-corrected chi connectivity index (χ3v) is 4.54. The van der Waals surface area contributed by atoms with Crippen molar-refractivity contribution in [3.8, 4) is 0 Å². The number of aryl methyl sites for hydroxylation is 3. The molecule has 0 spiro atoms. The molecule has 0 atom stereocenters. The molecule has 0 N–H and O–H groups in total. The van der Waals surface area contributed by atoms with Gasteiger partial charge in [-0.25, -0.2) is 9.36 Å². The molecular formula is C16H21N5O4. The molecule has 0 aromatic carbocycles. The number of aromatic nitrogens is 5. The summed E-state index contributed by atoms with van der Waals surface area (Å²) < 4.78 is 10.8. The second kappa shape index (κ2) is 5.91. The first-order valence-electron chi connectivity index (χ1n) is 8.16. The zero-order chi connectivity index (χ0) is 18.5. The van der Waals surface area contributed by atoms with Gasteiger partial charge in [0.25, 0.3) is 5.56 Å². The van der Waals surface area contributed by atoms with Crippen molar-refractivity contribution in [3.63, 3.8) is 0 Å². The number of nitrogens with zero attached hydrogens (tertiary/aromatic N) is 5. The van der Waals surface area contributed by atoms with Gasteiger partial charge in [0.2, 0.25) is 5.78 Å². The minimum atomic E-state index is -0.624. The number of fused-ring (bicyclic) bond motifs is 3. The second-order valence-electron chi connectivity index (χ2n) is 5.87. The third-order valence-electron chi connectivity index (χ3n) is 4.54. The topological polar surface area (TPSA) is 92.5 Å². The van der Waals surface area contributed by atoms with Crippen molar-refractivity contribution in [2.24, 2.45) is 7.05 Å². The quantitative estimate of drug-likeness (QED) is 0.635. The summed E-state index contributed by atoms with van der Waals surface area (Å²) in [5, 5.41) is 0. The molecule has 0 saturated carbocycles. The van der Waals surface area contributed by atoms with Gasteiger partial charge in [0, 0.05) is 25.0 Å². The average Bonchev–Trinajstić information content (AvgIpc) is 3.06. The largest absolute Gasteiger partial charge is 0.465 e. The fraction of sp³-hybridized carbons (Fsp3) is 0.500. The summed E-state index contributed by atoms with van der Waals surface area (Å²) in [6.45, 7) is 7.97. The molecule has 0 aliphatic heterocycles. The second-order valence-corrected chi connectivity index (χ2v) is 5.87. The molecule has 3 heterocycles. The summed E-state index contributed by atoms with van der Waals surface area (Å²) in [6, 6.07) is 0. The van der Waals surface area contributed by atoms with Crippen LogP contribution in [0.25, 0.3) is 16.9 Å². The Morgan fingerprint density at radius 3 is 2.40 bits per heavy atom. The first-order valence-corrected chi connectivity index (χ1v) is 8.16. The van der Waals surface area contributed by atoms with Gasteiger partial charge in [-0.15, -0.1) is 0 Å². The van der Waals surface area contributed by atoms with E-state index in [-0.39, 0.29) is 12.1 Å². The highest BCUT2D eigenvalue weighted by Crippen LogP contribution is 2.20. The molecule has 0 bridgehead atoms. The van der Waals surface area contributed by atoms with Gasteiger partial charge >= 0.3 is 11.7 Å². The van der Waals surface area contributed by atoms with Crippen LogP contribution in [0.5, 0.6) is 0 Å². The number of carbonyl (C=O) groups is 1. The Labute approximate surface area is 143 Å². The number of esters is 1. The summed E-state index contributed by atoms with van der Waals surface area (Å²) in [5.74, 6) is -0.0191. The minimum absolute atomic E-state index is 0.185. The Kier molecular flexibility index (Phi) is 4.02. The molecule has 134 valence electrons. The van der Waals surface area contributed by atoms with Crippen molar-refractivity contribution in [2.45, 2.75) is 40.8 Å². The molecule has 3 rings (SSSR count). The Hall–Kier alpha value is -2.84. The van der Waals surface area contributed by atoms with Crippen LogP contribution in [0, 0.1) is 13.8 Å². The molecule has 3 aromatic rings. The lowest BCUT2D eigenvalue weighted by Crippen LogP contribution is -2.41. The Balaban J connectivity index is 2.42. The molecular weight excluding hydrogens is 326 g/mol. The van der Waals surface area contributed by atoms with Gasteiger partial charge in [0.05, 0.1) is 6.61 Å². The first kappa shape index (κ1) is 17.0. The smallest absolute Gasteiger partial charge is 0.333 e. The van der Waals surface area contributed by atoms with Crippen LogP contribution in [0.1, 0.15) is 25.2 Å². The van der Waals surface area contributed by atoms with Crippen molar-refractivity contribution < 1.29 is 9.53 Å². The maximum Gasteiger partial charge on any atom is 0.333 e. The molecule has 0 radical (unpaired) electrons. The Bertz CT molecular complexity index is 1110. The summed E-state index contributed by atoms with van der Waals surface area (Å²) >= 11 is 0. The van der Waals surface area contributed by atoms with E-state index in [0.717, 1.165) is 16.0 Å². The molecule has 9 heteroatoms. The van der Waals surface area contributed by atoms with Gasteiger partial charge in [-0.05, 0) is 27.7 Å². The van der Waals surface area contributed by atoms with Gasteiger partial charge in [-0.2, -0.15) is 4.98 Å². The highest BCUT2D eigenvalue weighted by atomic mass is 16.5. The zero-order valence-electron chi connectivity index (χ0n) is 15.0. The van der Waals surface area contributed by atoms with Crippen LogP contribution < -0.4 is 11.2 Å². The van der Waals surface area contributed by atoms with Crippen molar-refractivity contribution in [1.82, 2.24) is 23.1 Å². The molecule has 0 saturated heterocycles. The summed E-state index contributed by atoms with van der Waals surface area (Å²) in [4.78, 5) is 41.7. The van der Waals surface area contributed by atoms with Gasteiger partial charge in [0.1, 0.15) is 6.54 Å². The number of rotatable bonds is 4. The lowest BCUT2D eigenvalue weighted by molar-refractivity contribution is -0.143. The van der Waals surface area contributed by atoms with E-state index in [1.54, 1.807) is 11.3 Å². The van der Waals surface area contributed by atoms with E-state index in [4.69, 9.17) is 4.74 Å². The summed E-state index contributed by atoms with van der Waals surface area (Å²) in [5.41, 5.74) is 1.32. The van der Waals surface area contributed by atoms with Gasteiger partial charge < -0.3 is 9.30 Å². The number of imidazole rings is 2. The average molecular weight is 347 g/mol. The lowest BCUT2D eigenvalue weighted by atomic mass is 10.3. The molecule has 0 unspecified atom stereocenters. The third kappa shape index (κ3) is 2.30. The zero-order valence-corrected chi connectivity index (χ0v) is 15.0. The molecule has 0 fully saturated rings. The van der Waals surface area contributed by atoms with Crippen LogP contribution in [-0.4, -0.2) is 35.7 Å². The first-order chi connectivity index (χ1) is 11.8. The molecule has 0 amide bonds. The Morgan fingerprint density at radius 2 is 1.80 bits per heavy atom. The van der Waals surface area contributed by atoms with E-state index in [1.165, 1.54) is 11.6 Å². The SMILES string of the molecule is CCOC(=O)Cn1c(=O)c2c(nc3n(CC)c(C)c(C)n23)n(C)c1=O. The van der Waals surface area contributed by atoms with Crippen LogP contribution >= 0.6 is 0 Å². The fourth-order valence-electron chi connectivity index (χ4n) is 3.17. The van der Waals surface area contributed by atoms with Crippen molar-refractivity contribution in [3.05, 3.63) is 32.2 Å². The van der Waals surface area contributed by atoms with Crippen molar-refractivity contribution in [2.75, 3.05) is 6.61 Å². The van der Waals surface area contributed by atoms with E-state index < -0.39 is 23.8 Å². The van der Waals surface area contributed by atoms with Crippen LogP contribution in [0.4, 0.5) is 0 Å². The lowest BCUT2D eigenvalue weighted by Gasteiger charge is -2.08. The van der Waals surface area contributed by atoms with Gasteiger partial charge in [-0.3, -0.25) is 18.6 Å². The predicted octanol–water partition coefficient (Wildman–Crippen LogP) is 0.349. The molecule has 0 aliphatic rings. The number of hydrogen-bond acceptors (Lipinski definition) is 5. The number of carbonyl (C=O) groups excluding carboxylic acids is 1. The highest BCUT2D eigenvalue weighted by Gasteiger charge is 2.22. The number of hydrogen-bond donors (Lipinski definition) is 0. The van der Waals surface area contributed by atoms with E-state index in [2.05, 4.69) is 4.98 Å². The fourth-order valence-corrected chi connectivity index (χ4v) is 3.17. The van der Waals surface area contributed by atoms with E-state index in [0.29, 0.717) is 18.0 Å². The van der Waals surface area contributed by atoms with E-state index in [9.17, 15) is 14.4 Å². The van der Waals surface area contributed by atoms with Gasteiger partial charge in [0.15, 0.2) is 11.2 Å². The van der Waals surface area contributed by atoms with Crippen molar-refractivity contribution in [1.29, 1.82) is 0 Å².